The van der Waals surface area contributed by atoms with Gasteiger partial charge in [-0.1, -0.05) is 6.07 Å². The number of esters is 1. The molecule has 0 spiro atoms. The SMILES string of the molecule is COC(=O)C[C@](C)(NCc1ccc(OC(F)F)c(F)c1)c1ccncc1. The minimum atomic E-state index is -3.09. The number of halogens is 3. The van der Waals surface area contributed by atoms with Gasteiger partial charge in [-0.3, -0.25) is 9.78 Å². The number of nitrogens with zero attached hydrogens (tertiary/aromatic N) is 1. The van der Waals surface area contributed by atoms with E-state index >= 15 is 0 Å². The van der Waals surface area contributed by atoms with E-state index < -0.39 is 29.7 Å². The quantitative estimate of drug-likeness (QED) is 0.724. The van der Waals surface area contributed by atoms with E-state index in [4.69, 9.17) is 4.74 Å². The molecule has 140 valence electrons. The van der Waals surface area contributed by atoms with E-state index in [9.17, 15) is 18.0 Å². The molecule has 0 saturated heterocycles. The summed E-state index contributed by atoms with van der Waals surface area (Å²) in [5.74, 6) is -1.82. The summed E-state index contributed by atoms with van der Waals surface area (Å²) >= 11 is 0. The lowest BCUT2D eigenvalue weighted by Crippen LogP contribution is -2.41. The van der Waals surface area contributed by atoms with Crippen LogP contribution in [0.25, 0.3) is 0 Å². The average Bonchev–Trinajstić information content (AvgIpc) is 2.62. The summed E-state index contributed by atoms with van der Waals surface area (Å²) in [4.78, 5) is 15.7. The third-order valence-corrected chi connectivity index (χ3v) is 3.94. The fourth-order valence-electron chi connectivity index (χ4n) is 2.49. The van der Waals surface area contributed by atoms with E-state index in [1.165, 1.54) is 13.2 Å². The topological polar surface area (TPSA) is 60.5 Å². The Morgan fingerprint density at radius 2 is 1.96 bits per heavy atom. The number of pyridine rings is 1. The van der Waals surface area contributed by atoms with Crippen LogP contribution in [0.3, 0.4) is 0 Å². The van der Waals surface area contributed by atoms with Gasteiger partial charge in [-0.15, -0.1) is 0 Å². The molecule has 5 nitrogen and oxygen atoms in total. The zero-order valence-electron chi connectivity index (χ0n) is 14.3. The zero-order chi connectivity index (χ0) is 19.2. The molecule has 1 N–H and O–H groups in total. The summed E-state index contributed by atoms with van der Waals surface area (Å²) in [6.45, 7) is -1.09. The van der Waals surface area contributed by atoms with Crippen molar-refractivity contribution in [2.45, 2.75) is 32.0 Å². The molecule has 0 unspecified atom stereocenters. The highest BCUT2D eigenvalue weighted by Gasteiger charge is 2.29. The third kappa shape index (κ3) is 5.19. The van der Waals surface area contributed by atoms with Crippen molar-refractivity contribution in [3.63, 3.8) is 0 Å². The number of rotatable bonds is 8. The van der Waals surface area contributed by atoms with E-state index in [1.54, 1.807) is 24.5 Å². The maximum atomic E-state index is 13.8. The number of alkyl halides is 2. The Morgan fingerprint density at radius 1 is 1.27 bits per heavy atom. The van der Waals surface area contributed by atoms with Crippen LogP contribution in [0.15, 0.2) is 42.7 Å². The molecular weight excluding hydrogens is 349 g/mol. The largest absolute Gasteiger partial charge is 0.469 e. The van der Waals surface area contributed by atoms with Crippen LogP contribution in [0.1, 0.15) is 24.5 Å². The average molecular weight is 368 g/mol. The Bertz CT molecular complexity index is 744. The van der Waals surface area contributed by atoms with E-state index in [1.807, 2.05) is 6.92 Å². The normalized spacial score (nSPS) is 13.3. The summed E-state index contributed by atoms with van der Waals surface area (Å²) in [5.41, 5.74) is 0.523. The summed E-state index contributed by atoms with van der Waals surface area (Å²) in [6.07, 6.45) is 3.24. The van der Waals surface area contributed by atoms with E-state index in [2.05, 4.69) is 15.0 Å². The summed E-state index contributed by atoms with van der Waals surface area (Å²) in [6, 6.07) is 7.24. The number of methoxy groups -OCH3 is 1. The number of nitrogens with one attached hydrogen (secondary N) is 1. The molecule has 1 atom stereocenters. The van der Waals surface area contributed by atoms with Crippen LogP contribution in [-0.2, 0) is 21.6 Å². The monoisotopic (exact) mass is 368 g/mol. The Kier molecular flexibility index (Phi) is 6.57. The van der Waals surface area contributed by atoms with Gasteiger partial charge in [-0.2, -0.15) is 8.78 Å². The van der Waals surface area contributed by atoms with Crippen molar-refractivity contribution in [3.8, 4) is 5.75 Å². The van der Waals surface area contributed by atoms with Crippen LogP contribution >= 0.6 is 0 Å². The first-order valence-corrected chi connectivity index (χ1v) is 7.79. The molecule has 0 aliphatic heterocycles. The molecule has 26 heavy (non-hydrogen) atoms. The van der Waals surface area contributed by atoms with Gasteiger partial charge < -0.3 is 14.8 Å². The summed E-state index contributed by atoms with van der Waals surface area (Å²) < 4.78 is 47.1. The maximum absolute atomic E-state index is 13.8. The van der Waals surface area contributed by atoms with Gasteiger partial charge in [0, 0.05) is 18.9 Å². The molecule has 0 aliphatic carbocycles. The van der Waals surface area contributed by atoms with E-state index in [0.717, 1.165) is 17.7 Å². The van der Waals surface area contributed by atoms with E-state index in [0.29, 0.717) is 5.56 Å². The van der Waals surface area contributed by atoms with Crippen molar-refractivity contribution in [1.82, 2.24) is 10.3 Å². The second-order valence-electron chi connectivity index (χ2n) is 5.82. The number of carbonyl (C=O) groups excluding carboxylic acids is 1. The molecule has 2 aromatic rings. The van der Waals surface area contributed by atoms with Gasteiger partial charge in [0.1, 0.15) is 0 Å². The predicted octanol–water partition coefficient (Wildman–Crippen LogP) is 3.39. The molecule has 0 amide bonds. The van der Waals surface area contributed by atoms with Crippen molar-refractivity contribution in [2.75, 3.05) is 7.11 Å². The fourth-order valence-corrected chi connectivity index (χ4v) is 2.49. The Morgan fingerprint density at radius 3 is 2.54 bits per heavy atom. The van der Waals surface area contributed by atoms with Gasteiger partial charge >= 0.3 is 12.6 Å². The minimum absolute atomic E-state index is 0.0442. The first kappa shape index (κ1) is 19.7. The molecule has 0 fully saturated rings. The smallest absolute Gasteiger partial charge is 0.387 e. The van der Waals surface area contributed by atoms with Gasteiger partial charge in [0.2, 0.25) is 0 Å². The van der Waals surface area contributed by atoms with Crippen molar-refractivity contribution >= 4 is 5.97 Å². The standard InChI is InChI=1S/C18H19F3N2O3/c1-18(10-16(24)25-2,13-5-7-22-8-6-13)23-11-12-3-4-15(14(19)9-12)26-17(20)21/h3-9,17,23H,10-11H2,1-2H3/t18-/m0/s1. The first-order valence-electron chi connectivity index (χ1n) is 7.79. The number of ether oxygens (including phenoxy) is 2. The van der Waals surface area contributed by atoms with Gasteiger partial charge in [-0.05, 0) is 42.3 Å². The Hall–Kier alpha value is -2.61. The Balaban J connectivity index is 2.17. The van der Waals surface area contributed by atoms with Crippen molar-refractivity contribution in [3.05, 3.63) is 59.7 Å². The maximum Gasteiger partial charge on any atom is 0.387 e. The highest BCUT2D eigenvalue weighted by atomic mass is 19.3. The van der Waals surface area contributed by atoms with Crippen molar-refractivity contribution < 1.29 is 27.4 Å². The van der Waals surface area contributed by atoms with Gasteiger partial charge in [0.15, 0.2) is 11.6 Å². The minimum Gasteiger partial charge on any atom is -0.469 e. The lowest BCUT2D eigenvalue weighted by molar-refractivity contribution is -0.142. The van der Waals surface area contributed by atoms with Crippen LogP contribution in [0.4, 0.5) is 13.2 Å². The van der Waals surface area contributed by atoms with Crippen molar-refractivity contribution in [1.29, 1.82) is 0 Å². The number of aromatic nitrogens is 1. The molecular formula is C18H19F3N2O3. The number of hydrogen-bond acceptors (Lipinski definition) is 5. The molecule has 0 bridgehead atoms. The zero-order valence-corrected chi connectivity index (χ0v) is 14.3. The second kappa shape index (κ2) is 8.66. The highest BCUT2D eigenvalue weighted by molar-refractivity contribution is 5.71. The number of hydrogen-bond donors (Lipinski definition) is 1. The molecule has 0 aliphatic rings. The highest BCUT2D eigenvalue weighted by Crippen LogP contribution is 2.26. The van der Waals surface area contributed by atoms with Crippen LogP contribution in [0.5, 0.6) is 5.75 Å². The van der Waals surface area contributed by atoms with Crippen LogP contribution in [0.2, 0.25) is 0 Å². The molecule has 1 aromatic heterocycles. The summed E-state index contributed by atoms with van der Waals surface area (Å²) in [7, 11) is 1.30. The number of carbonyl (C=O) groups is 1. The van der Waals surface area contributed by atoms with E-state index in [-0.39, 0.29) is 13.0 Å². The lowest BCUT2D eigenvalue weighted by atomic mass is 9.89. The first-order chi connectivity index (χ1) is 12.3. The molecule has 1 heterocycles. The van der Waals surface area contributed by atoms with Crippen molar-refractivity contribution in [2.24, 2.45) is 0 Å². The summed E-state index contributed by atoms with van der Waals surface area (Å²) in [5, 5.41) is 3.20. The van der Waals surface area contributed by atoms with Crippen LogP contribution in [-0.4, -0.2) is 24.7 Å². The fraction of sp³-hybridized carbons (Fsp3) is 0.333. The number of benzene rings is 1. The lowest BCUT2D eigenvalue weighted by Gasteiger charge is -2.30. The van der Waals surface area contributed by atoms with Gasteiger partial charge in [-0.25, -0.2) is 4.39 Å². The van der Waals surface area contributed by atoms with Crippen LogP contribution in [0, 0.1) is 5.82 Å². The molecule has 1 aromatic carbocycles. The van der Waals surface area contributed by atoms with Crippen LogP contribution < -0.4 is 10.1 Å². The molecule has 8 heteroatoms. The predicted molar refractivity (Wildman–Crippen MR) is 88.1 cm³/mol. The van der Waals surface area contributed by atoms with Gasteiger partial charge in [0.25, 0.3) is 0 Å². The Labute approximate surface area is 149 Å². The van der Waals surface area contributed by atoms with Gasteiger partial charge in [0.05, 0.1) is 19.1 Å². The third-order valence-electron chi connectivity index (χ3n) is 3.94. The molecule has 2 rings (SSSR count). The molecule has 0 radical (unpaired) electrons. The molecule has 0 saturated carbocycles. The second-order valence-corrected chi connectivity index (χ2v) is 5.82.